The van der Waals surface area contributed by atoms with E-state index in [-0.39, 0.29) is 5.41 Å². The Morgan fingerprint density at radius 3 is 2.68 bits per heavy atom. The van der Waals surface area contributed by atoms with Crippen LogP contribution in [0.1, 0.15) is 44.5 Å². The number of aryl methyl sites for hydroxylation is 1. The highest BCUT2D eigenvalue weighted by Gasteiger charge is 2.15. The summed E-state index contributed by atoms with van der Waals surface area (Å²) in [7, 11) is 2.12. The molecule has 0 fully saturated rings. The summed E-state index contributed by atoms with van der Waals surface area (Å²) in [6.45, 7) is 7.98. The van der Waals surface area contributed by atoms with Gasteiger partial charge in [0.1, 0.15) is 0 Å². The van der Waals surface area contributed by atoms with Crippen LogP contribution >= 0.6 is 0 Å². The van der Waals surface area contributed by atoms with Crippen molar-refractivity contribution in [3.63, 3.8) is 0 Å². The van der Waals surface area contributed by atoms with Crippen molar-refractivity contribution in [2.24, 2.45) is 5.41 Å². The maximum Gasteiger partial charge on any atom is 0.0683 e. The van der Waals surface area contributed by atoms with E-state index >= 15 is 0 Å². The molecule has 0 saturated carbocycles. The molecule has 1 rings (SSSR count). The fraction of sp³-hybridized carbons (Fsp3) is 0.625. The molecule has 3 nitrogen and oxygen atoms in total. The molecule has 1 aromatic heterocycles. The van der Waals surface area contributed by atoms with Gasteiger partial charge >= 0.3 is 0 Å². The van der Waals surface area contributed by atoms with E-state index in [2.05, 4.69) is 35.1 Å². The SMILES string of the molecule is Cc1cccc(CN(C)CCCCC(C)(C)C#N)n1. The average molecular weight is 259 g/mol. The van der Waals surface area contributed by atoms with Gasteiger partial charge in [0, 0.05) is 12.2 Å². The second-order valence-corrected chi connectivity index (χ2v) is 5.96. The maximum atomic E-state index is 8.95. The number of hydrogen-bond donors (Lipinski definition) is 0. The molecule has 0 N–H and O–H groups in total. The van der Waals surface area contributed by atoms with E-state index in [4.69, 9.17) is 5.26 Å². The lowest BCUT2D eigenvalue weighted by Gasteiger charge is -2.18. The van der Waals surface area contributed by atoms with E-state index < -0.39 is 0 Å². The molecule has 0 aliphatic rings. The summed E-state index contributed by atoms with van der Waals surface area (Å²) in [5.74, 6) is 0. The lowest BCUT2D eigenvalue weighted by Crippen LogP contribution is -2.20. The van der Waals surface area contributed by atoms with Gasteiger partial charge in [-0.3, -0.25) is 4.98 Å². The zero-order valence-electron chi connectivity index (χ0n) is 12.6. The van der Waals surface area contributed by atoms with Crippen LogP contribution in [0.15, 0.2) is 18.2 Å². The van der Waals surface area contributed by atoms with Crippen LogP contribution in [0.2, 0.25) is 0 Å². The first kappa shape index (κ1) is 15.7. The Labute approximate surface area is 117 Å². The van der Waals surface area contributed by atoms with Crippen LogP contribution in [-0.2, 0) is 6.54 Å². The Bertz CT molecular complexity index is 432. The van der Waals surface area contributed by atoms with Crippen molar-refractivity contribution in [2.45, 2.75) is 46.6 Å². The Morgan fingerprint density at radius 2 is 2.05 bits per heavy atom. The minimum absolute atomic E-state index is 0.184. The summed E-state index contributed by atoms with van der Waals surface area (Å²) in [6.07, 6.45) is 3.21. The van der Waals surface area contributed by atoms with Crippen LogP contribution in [-0.4, -0.2) is 23.5 Å². The predicted octanol–water partition coefficient (Wildman–Crippen LogP) is 3.54. The molecule has 0 atom stereocenters. The zero-order chi connectivity index (χ0) is 14.3. The van der Waals surface area contributed by atoms with E-state index in [0.29, 0.717) is 0 Å². The summed E-state index contributed by atoms with van der Waals surface area (Å²) in [5.41, 5.74) is 2.01. The van der Waals surface area contributed by atoms with E-state index in [0.717, 1.165) is 43.7 Å². The molecule has 0 radical (unpaired) electrons. The van der Waals surface area contributed by atoms with Crippen LogP contribution in [0.5, 0.6) is 0 Å². The smallest absolute Gasteiger partial charge is 0.0683 e. The largest absolute Gasteiger partial charge is 0.301 e. The first-order valence-corrected chi connectivity index (χ1v) is 6.95. The third-order valence-corrected chi connectivity index (χ3v) is 3.27. The number of nitrogens with zero attached hydrogens (tertiary/aromatic N) is 3. The number of nitriles is 1. The summed E-state index contributed by atoms with van der Waals surface area (Å²) >= 11 is 0. The highest BCUT2D eigenvalue weighted by Crippen LogP contribution is 2.21. The number of hydrogen-bond acceptors (Lipinski definition) is 3. The summed E-state index contributed by atoms with van der Waals surface area (Å²) in [5, 5.41) is 8.95. The fourth-order valence-electron chi connectivity index (χ4n) is 2.05. The van der Waals surface area contributed by atoms with Crippen LogP contribution in [0.3, 0.4) is 0 Å². The average Bonchev–Trinajstić information content (AvgIpc) is 2.35. The molecule has 104 valence electrons. The molecular weight excluding hydrogens is 234 g/mol. The molecule has 0 amide bonds. The van der Waals surface area contributed by atoms with Gasteiger partial charge in [0.2, 0.25) is 0 Å². The van der Waals surface area contributed by atoms with Gasteiger partial charge < -0.3 is 4.90 Å². The Kier molecular flexibility index (Phi) is 5.98. The van der Waals surface area contributed by atoms with Crippen molar-refractivity contribution in [3.8, 4) is 6.07 Å². The van der Waals surface area contributed by atoms with Gasteiger partial charge in [-0.25, -0.2) is 0 Å². The first-order chi connectivity index (χ1) is 8.93. The second kappa shape index (κ2) is 7.25. The summed E-state index contributed by atoms with van der Waals surface area (Å²) in [6, 6.07) is 8.50. The molecule has 0 bridgehead atoms. The lowest BCUT2D eigenvalue weighted by atomic mass is 9.89. The quantitative estimate of drug-likeness (QED) is 0.703. The van der Waals surface area contributed by atoms with E-state index in [1.807, 2.05) is 26.8 Å². The third kappa shape index (κ3) is 6.35. The second-order valence-electron chi connectivity index (χ2n) is 5.96. The normalized spacial score (nSPS) is 11.6. The number of unbranched alkanes of at least 4 members (excludes halogenated alkanes) is 1. The molecule has 0 saturated heterocycles. The molecule has 1 heterocycles. The van der Waals surface area contributed by atoms with E-state index in [1.165, 1.54) is 0 Å². The molecule has 0 aromatic carbocycles. The minimum Gasteiger partial charge on any atom is -0.301 e. The first-order valence-electron chi connectivity index (χ1n) is 6.95. The van der Waals surface area contributed by atoms with E-state index in [1.54, 1.807) is 0 Å². The molecule has 0 aliphatic carbocycles. The fourth-order valence-corrected chi connectivity index (χ4v) is 2.05. The van der Waals surface area contributed by atoms with Crippen molar-refractivity contribution >= 4 is 0 Å². The van der Waals surface area contributed by atoms with Crippen molar-refractivity contribution in [3.05, 3.63) is 29.6 Å². The molecule has 3 heteroatoms. The monoisotopic (exact) mass is 259 g/mol. The number of pyridine rings is 1. The molecule has 0 unspecified atom stereocenters. The van der Waals surface area contributed by atoms with Crippen LogP contribution in [0.25, 0.3) is 0 Å². The highest BCUT2D eigenvalue weighted by atomic mass is 15.1. The highest BCUT2D eigenvalue weighted by molar-refractivity contribution is 5.09. The van der Waals surface area contributed by atoms with Crippen LogP contribution < -0.4 is 0 Å². The zero-order valence-corrected chi connectivity index (χ0v) is 12.6. The molecule has 0 aliphatic heterocycles. The number of aromatic nitrogens is 1. The van der Waals surface area contributed by atoms with E-state index in [9.17, 15) is 0 Å². The van der Waals surface area contributed by atoms with Crippen molar-refractivity contribution in [2.75, 3.05) is 13.6 Å². The van der Waals surface area contributed by atoms with Gasteiger partial charge in [0.25, 0.3) is 0 Å². The van der Waals surface area contributed by atoms with Gasteiger partial charge in [0.15, 0.2) is 0 Å². The van der Waals surface area contributed by atoms with Gasteiger partial charge in [-0.2, -0.15) is 5.26 Å². The van der Waals surface area contributed by atoms with Crippen molar-refractivity contribution in [1.29, 1.82) is 5.26 Å². The van der Waals surface area contributed by atoms with Crippen molar-refractivity contribution < 1.29 is 0 Å². The maximum absolute atomic E-state index is 8.95. The topological polar surface area (TPSA) is 39.9 Å². The predicted molar refractivity (Wildman–Crippen MR) is 78.6 cm³/mol. The van der Waals surface area contributed by atoms with Gasteiger partial charge in [-0.15, -0.1) is 0 Å². The van der Waals surface area contributed by atoms with Gasteiger partial charge in [-0.05, 0) is 59.3 Å². The summed E-state index contributed by atoms with van der Waals surface area (Å²) in [4.78, 5) is 6.80. The molecular formula is C16H25N3. The van der Waals surface area contributed by atoms with Gasteiger partial charge in [-0.1, -0.05) is 12.5 Å². The summed E-state index contributed by atoms with van der Waals surface area (Å²) < 4.78 is 0. The third-order valence-electron chi connectivity index (χ3n) is 3.27. The van der Waals surface area contributed by atoms with Gasteiger partial charge in [0.05, 0.1) is 17.2 Å². The minimum atomic E-state index is -0.184. The van der Waals surface area contributed by atoms with Crippen LogP contribution in [0.4, 0.5) is 0 Å². The Hall–Kier alpha value is -1.40. The molecule has 1 aromatic rings. The Balaban J connectivity index is 2.25. The standard InChI is InChI=1S/C16H25N3/c1-14-8-7-9-15(18-14)12-19(4)11-6-5-10-16(2,3)13-17/h7-9H,5-6,10-12H2,1-4H3. The lowest BCUT2D eigenvalue weighted by molar-refractivity contribution is 0.304. The number of rotatable bonds is 7. The van der Waals surface area contributed by atoms with Crippen LogP contribution in [0, 0.1) is 23.7 Å². The molecule has 19 heavy (non-hydrogen) atoms. The van der Waals surface area contributed by atoms with Crippen molar-refractivity contribution in [1.82, 2.24) is 9.88 Å². The Morgan fingerprint density at radius 1 is 1.32 bits per heavy atom. The molecule has 0 spiro atoms.